The Morgan fingerprint density at radius 1 is 1.08 bits per heavy atom. The summed E-state index contributed by atoms with van der Waals surface area (Å²) in [5, 5.41) is 2.09. The van der Waals surface area contributed by atoms with E-state index in [1.807, 2.05) is 36.1 Å². The van der Waals surface area contributed by atoms with E-state index >= 15 is 0 Å². The molecule has 2 aromatic carbocycles. The molecular weight excluding hydrogens is 484 g/mol. The number of amides is 2. The van der Waals surface area contributed by atoms with Gasteiger partial charge in [0.2, 0.25) is 5.91 Å². The first-order valence-corrected chi connectivity index (χ1v) is 13.8. The number of carbonyl (C=O) groups excluding carboxylic acids is 2. The van der Waals surface area contributed by atoms with Gasteiger partial charge in [-0.05, 0) is 79.8 Å². The van der Waals surface area contributed by atoms with Gasteiger partial charge in [0.25, 0.3) is 5.91 Å². The average molecular weight is 519 g/mol. The maximum atomic E-state index is 13.8. The molecule has 0 N–H and O–H groups in total. The number of methoxy groups -OCH3 is 1. The maximum Gasteiger partial charge on any atom is 0.258 e. The molecule has 194 valence electrons. The van der Waals surface area contributed by atoms with Crippen molar-refractivity contribution < 1.29 is 19.1 Å². The van der Waals surface area contributed by atoms with E-state index in [4.69, 9.17) is 9.47 Å². The average Bonchev–Trinajstić information content (AvgIpc) is 3.59. The number of thiophene rings is 1. The fraction of sp³-hybridized carbons (Fsp3) is 0.400. The van der Waals surface area contributed by atoms with E-state index in [2.05, 4.69) is 24.4 Å². The highest BCUT2D eigenvalue weighted by Crippen LogP contribution is 2.35. The Morgan fingerprint density at radius 2 is 1.89 bits per heavy atom. The lowest BCUT2D eigenvalue weighted by Gasteiger charge is -2.37. The van der Waals surface area contributed by atoms with E-state index in [9.17, 15) is 9.59 Å². The summed E-state index contributed by atoms with van der Waals surface area (Å²) >= 11 is 1.73. The second-order valence-electron chi connectivity index (χ2n) is 10.1. The van der Waals surface area contributed by atoms with Crippen LogP contribution in [-0.4, -0.2) is 55.0 Å². The number of carbonyl (C=O) groups is 2. The molecule has 0 unspecified atom stereocenters. The molecule has 2 aliphatic rings. The second-order valence-corrected chi connectivity index (χ2v) is 11.1. The Bertz CT molecular complexity index is 1280. The molecule has 1 saturated carbocycles. The van der Waals surface area contributed by atoms with E-state index < -0.39 is 0 Å². The first-order chi connectivity index (χ1) is 17.9. The monoisotopic (exact) mass is 518 g/mol. The third-order valence-corrected chi connectivity index (χ3v) is 8.27. The summed E-state index contributed by atoms with van der Waals surface area (Å²) in [4.78, 5) is 32.3. The minimum atomic E-state index is -0.188. The van der Waals surface area contributed by atoms with Crippen LogP contribution in [0.5, 0.6) is 11.5 Å². The SMILES string of the molecule is COc1ccccc1C(=O)N(CC(=O)N1CCc2sccc2[C@@H]1COc1ccc(C)cc1C)CC1CC1. The van der Waals surface area contributed by atoms with Crippen molar-refractivity contribution in [1.29, 1.82) is 0 Å². The topological polar surface area (TPSA) is 59.1 Å². The molecule has 1 aliphatic carbocycles. The van der Waals surface area contributed by atoms with Crippen LogP contribution in [0.4, 0.5) is 0 Å². The minimum absolute atomic E-state index is 0.0463. The van der Waals surface area contributed by atoms with Gasteiger partial charge in [-0.15, -0.1) is 11.3 Å². The van der Waals surface area contributed by atoms with Gasteiger partial charge in [-0.1, -0.05) is 29.8 Å². The van der Waals surface area contributed by atoms with Gasteiger partial charge in [0.15, 0.2) is 0 Å². The fourth-order valence-corrected chi connectivity index (χ4v) is 6.01. The molecule has 0 saturated heterocycles. The van der Waals surface area contributed by atoms with Crippen LogP contribution in [0.1, 0.15) is 50.8 Å². The predicted octanol–water partition coefficient (Wildman–Crippen LogP) is 5.43. The van der Waals surface area contributed by atoms with Gasteiger partial charge >= 0.3 is 0 Å². The van der Waals surface area contributed by atoms with Crippen LogP contribution in [0.15, 0.2) is 53.9 Å². The maximum absolute atomic E-state index is 13.8. The number of fused-ring (bicyclic) bond motifs is 1. The van der Waals surface area contributed by atoms with Crippen LogP contribution in [0.3, 0.4) is 0 Å². The zero-order valence-corrected chi connectivity index (χ0v) is 22.6. The summed E-state index contributed by atoms with van der Waals surface area (Å²) in [7, 11) is 1.56. The highest BCUT2D eigenvalue weighted by Gasteiger charge is 2.35. The molecule has 6 nitrogen and oxygen atoms in total. The van der Waals surface area contributed by atoms with Crippen LogP contribution in [0.25, 0.3) is 0 Å². The molecule has 0 radical (unpaired) electrons. The number of ether oxygens (including phenoxy) is 2. The molecule has 7 heteroatoms. The fourth-order valence-electron chi connectivity index (χ4n) is 5.08. The van der Waals surface area contributed by atoms with Gasteiger partial charge in [0, 0.05) is 18.0 Å². The number of aryl methyl sites for hydroxylation is 2. The third kappa shape index (κ3) is 5.67. The van der Waals surface area contributed by atoms with Gasteiger partial charge in [0.1, 0.15) is 24.7 Å². The molecule has 1 aromatic heterocycles. The number of hydrogen-bond donors (Lipinski definition) is 0. The molecule has 5 rings (SSSR count). The van der Waals surface area contributed by atoms with Crippen molar-refractivity contribution in [3.63, 3.8) is 0 Å². The Hall–Kier alpha value is -3.32. The molecule has 1 aliphatic heterocycles. The lowest BCUT2D eigenvalue weighted by molar-refractivity contribution is -0.135. The lowest BCUT2D eigenvalue weighted by Crippen LogP contribution is -2.48. The molecule has 1 fully saturated rings. The molecule has 2 heterocycles. The number of rotatable bonds is 9. The summed E-state index contributed by atoms with van der Waals surface area (Å²) in [5.74, 6) is 1.62. The van der Waals surface area contributed by atoms with Crippen LogP contribution in [0.2, 0.25) is 0 Å². The van der Waals surface area contributed by atoms with Gasteiger partial charge < -0.3 is 19.3 Å². The molecule has 3 aromatic rings. The van der Waals surface area contributed by atoms with E-state index in [0.717, 1.165) is 36.1 Å². The molecule has 37 heavy (non-hydrogen) atoms. The highest BCUT2D eigenvalue weighted by molar-refractivity contribution is 7.10. The Morgan fingerprint density at radius 3 is 2.65 bits per heavy atom. The summed E-state index contributed by atoms with van der Waals surface area (Å²) in [6.45, 7) is 5.74. The molecule has 0 spiro atoms. The summed E-state index contributed by atoms with van der Waals surface area (Å²) in [5.41, 5.74) is 3.92. The number of hydrogen-bond acceptors (Lipinski definition) is 5. The largest absolute Gasteiger partial charge is 0.496 e. The van der Waals surface area contributed by atoms with Crippen LogP contribution < -0.4 is 9.47 Å². The Kier molecular flexibility index (Phi) is 7.51. The number of nitrogens with zero attached hydrogens (tertiary/aromatic N) is 2. The van der Waals surface area contributed by atoms with Gasteiger partial charge in [0.05, 0.1) is 18.7 Å². The van der Waals surface area contributed by atoms with Crippen LogP contribution >= 0.6 is 11.3 Å². The summed E-state index contributed by atoms with van der Waals surface area (Å²) in [6.07, 6.45) is 3.01. The van der Waals surface area contributed by atoms with Crippen molar-refractivity contribution in [1.82, 2.24) is 9.80 Å². The number of para-hydroxylation sites is 1. The zero-order chi connectivity index (χ0) is 25.9. The zero-order valence-electron chi connectivity index (χ0n) is 21.7. The smallest absolute Gasteiger partial charge is 0.258 e. The molecular formula is C30H34N2O4S. The first-order valence-electron chi connectivity index (χ1n) is 12.9. The third-order valence-electron chi connectivity index (χ3n) is 7.27. The predicted molar refractivity (Wildman–Crippen MR) is 146 cm³/mol. The molecule has 2 amide bonds. The summed E-state index contributed by atoms with van der Waals surface area (Å²) < 4.78 is 11.7. The van der Waals surface area contributed by atoms with Crippen molar-refractivity contribution in [2.75, 3.05) is 33.4 Å². The normalized spacial score (nSPS) is 16.7. The Balaban J connectivity index is 1.36. The van der Waals surface area contributed by atoms with Crippen LogP contribution in [0, 0.1) is 19.8 Å². The molecule has 0 bridgehead atoms. The van der Waals surface area contributed by atoms with E-state index in [0.29, 0.717) is 36.9 Å². The van der Waals surface area contributed by atoms with Crippen molar-refractivity contribution in [2.24, 2.45) is 5.92 Å². The van der Waals surface area contributed by atoms with Gasteiger partial charge in [-0.25, -0.2) is 0 Å². The van der Waals surface area contributed by atoms with Gasteiger partial charge in [-0.2, -0.15) is 0 Å². The first kappa shape index (κ1) is 25.3. The van der Waals surface area contributed by atoms with E-state index in [1.165, 1.54) is 10.4 Å². The van der Waals surface area contributed by atoms with E-state index in [1.54, 1.807) is 35.5 Å². The number of benzene rings is 2. The van der Waals surface area contributed by atoms with Crippen LogP contribution in [-0.2, 0) is 11.2 Å². The minimum Gasteiger partial charge on any atom is -0.496 e. The van der Waals surface area contributed by atoms with Crippen molar-refractivity contribution in [3.05, 3.63) is 81.0 Å². The standard InChI is InChI=1S/C30H34N2O4S/c1-20-8-11-26(21(2)16-20)36-19-25-23-13-15-37-28(23)12-14-32(25)29(33)18-31(17-22-9-10-22)30(34)24-6-4-5-7-27(24)35-3/h4-8,11,13,15-16,22,25H,9-10,12,14,17-19H2,1-3H3/t25-/m0/s1. The van der Waals surface area contributed by atoms with Crippen molar-refractivity contribution in [2.45, 2.75) is 39.2 Å². The quantitative estimate of drug-likeness (QED) is 0.379. The molecule has 1 atom stereocenters. The lowest BCUT2D eigenvalue weighted by atomic mass is 10.00. The second kappa shape index (κ2) is 11.0. The van der Waals surface area contributed by atoms with Crippen molar-refractivity contribution >= 4 is 23.2 Å². The highest BCUT2D eigenvalue weighted by atomic mass is 32.1. The van der Waals surface area contributed by atoms with Crippen molar-refractivity contribution in [3.8, 4) is 11.5 Å². The van der Waals surface area contributed by atoms with E-state index in [-0.39, 0.29) is 24.4 Å². The van der Waals surface area contributed by atoms with Gasteiger partial charge in [-0.3, -0.25) is 9.59 Å². The Labute approximate surface area is 222 Å². The summed E-state index contributed by atoms with van der Waals surface area (Å²) in [6, 6.07) is 15.3.